The quantitative estimate of drug-likeness (QED) is 0.0212. The molecule has 9 nitrogen and oxygen atoms in total. The molecule has 0 aromatic heterocycles. The number of allylic oxidation sites excluding steroid dienone is 17. The third-order valence-corrected chi connectivity index (χ3v) is 12.4. The topological polar surface area (TPSA) is 114 Å². The fourth-order valence-electron chi connectivity index (χ4n) is 7.16. The zero-order valence-electron chi connectivity index (χ0n) is 45.4. The Balaban J connectivity index is 5.52. The Kier molecular flexibility index (Phi) is 46.9. The van der Waals surface area contributed by atoms with E-state index >= 15 is 0 Å². The van der Waals surface area contributed by atoms with E-state index in [4.69, 9.17) is 13.8 Å². The molecule has 10 heteroatoms. The van der Waals surface area contributed by atoms with Gasteiger partial charge in [-0.1, -0.05) is 201 Å². The summed E-state index contributed by atoms with van der Waals surface area (Å²) in [7, 11) is 1.11. The number of unbranched alkanes of at least 4 members (excludes halogenated alkanes) is 16. The third-order valence-electron chi connectivity index (χ3n) is 11.5. The van der Waals surface area contributed by atoms with Crippen molar-refractivity contribution in [2.24, 2.45) is 0 Å². The molecule has 0 saturated carbocycles. The Bertz CT molecular complexity index is 1570. The number of hydrogen-bond acceptors (Lipinski definition) is 7. The van der Waals surface area contributed by atoms with Crippen LogP contribution in [0.5, 0.6) is 0 Å². The first kappa shape index (κ1) is 66.7. The summed E-state index contributed by atoms with van der Waals surface area (Å²) in [5.74, 6) is -0.674. The fraction of sp³-hybridized carbons (Fsp3) is 0.667. The first-order valence-corrected chi connectivity index (χ1v) is 29.2. The van der Waals surface area contributed by atoms with Gasteiger partial charge in [-0.15, -0.1) is 0 Å². The molecule has 0 radical (unpaired) electrons. The lowest BCUT2D eigenvalue weighted by Gasteiger charge is -2.30. The average Bonchev–Trinajstić information content (AvgIpc) is 3.32. The molecule has 0 spiro atoms. The van der Waals surface area contributed by atoms with E-state index in [1.165, 1.54) is 70.6 Å². The van der Waals surface area contributed by atoms with E-state index < -0.39 is 26.6 Å². The number of quaternary nitrogens is 1. The highest BCUT2D eigenvalue weighted by Crippen LogP contribution is 2.38. The Morgan fingerprint density at radius 3 is 1.43 bits per heavy atom. The minimum Gasteiger partial charge on any atom is -0.756 e. The van der Waals surface area contributed by atoms with E-state index in [1.54, 1.807) is 6.08 Å². The summed E-state index contributed by atoms with van der Waals surface area (Å²) in [5.41, 5.74) is 0. The Morgan fingerprint density at radius 1 is 0.514 bits per heavy atom. The van der Waals surface area contributed by atoms with Gasteiger partial charge in [0, 0.05) is 12.8 Å². The lowest BCUT2D eigenvalue weighted by molar-refractivity contribution is -0.870. The summed E-state index contributed by atoms with van der Waals surface area (Å²) in [6, 6.07) is -0.943. The number of carbonyl (C=O) groups is 2. The van der Waals surface area contributed by atoms with E-state index in [0.717, 1.165) is 89.9 Å². The highest BCUT2D eigenvalue weighted by Gasteiger charge is 2.27. The number of ether oxygens (including phenoxy) is 1. The minimum atomic E-state index is -4.72. The Hall–Kier alpha value is -3.33. The maximum Gasteiger partial charge on any atom is 0.306 e. The molecule has 70 heavy (non-hydrogen) atoms. The van der Waals surface area contributed by atoms with Crippen molar-refractivity contribution in [3.63, 3.8) is 0 Å². The van der Waals surface area contributed by atoms with Crippen LogP contribution in [0.2, 0.25) is 0 Å². The molecule has 0 aromatic carbocycles. The van der Waals surface area contributed by atoms with Crippen molar-refractivity contribution >= 4 is 19.7 Å². The SMILES string of the molecule is CC/C=C/C/C=C/C/C=C/C/C=C/C/C=C/CCC(=O)NC(COP(=O)([O-])OCC[N+](C)(C)C)C(/C=C/CCCCCCCCCCC)OC(=O)CCCCCC/C=C\C/C=C\C/C=C\CCCCC. The molecule has 1 N–H and O–H groups in total. The van der Waals surface area contributed by atoms with Gasteiger partial charge in [-0.3, -0.25) is 14.2 Å². The van der Waals surface area contributed by atoms with Gasteiger partial charge < -0.3 is 28.5 Å². The number of carbonyl (C=O) groups excluding carboxylic acids is 2. The van der Waals surface area contributed by atoms with Gasteiger partial charge in [-0.05, 0) is 102 Å². The predicted molar refractivity (Wildman–Crippen MR) is 297 cm³/mol. The number of phosphoric acid groups is 1. The fourth-order valence-corrected chi connectivity index (χ4v) is 7.88. The molecule has 0 aliphatic heterocycles. The van der Waals surface area contributed by atoms with Crippen molar-refractivity contribution in [3.05, 3.63) is 109 Å². The maximum atomic E-state index is 13.4. The molecule has 0 bridgehead atoms. The van der Waals surface area contributed by atoms with E-state index in [2.05, 4.69) is 111 Å². The summed E-state index contributed by atoms with van der Waals surface area (Å²) < 4.78 is 30.1. The van der Waals surface area contributed by atoms with Crippen molar-refractivity contribution in [3.8, 4) is 0 Å². The van der Waals surface area contributed by atoms with Crippen LogP contribution in [0.3, 0.4) is 0 Å². The van der Waals surface area contributed by atoms with Gasteiger partial charge in [-0.25, -0.2) is 0 Å². The van der Waals surface area contributed by atoms with Crippen LogP contribution in [-0.4, -0.2) is 69.4 Å². The van der Waals surface area contributed by atoms with Gasteiger partial charge in [0.25, 0.3) is 7.82 Å². The molecule has 3 atom stereocenters. The first-order valence-electron chi connectivity index (χ1n) is 27.7. The van der Waals surface area contributed by atoms with Crippen LogP contribution >= 0.6 is 7.82 Å². The number of nitrogens with one attached hydrogen (secondary N) is 1. The second kappa shape index (κ2) is 49.3. The normalized spacial score (nSPS) is 14.7. The molecule has 3 unspecified atom stereocenters. The lowest BCUT2D eigenvalue weighted by Crippen LogP contribution is -2.47. The van der Waals surface area contributed by atoms with Crippen molar-refractivity contribution in [2.75, 3.05) is 40.9 Å². The molecule has 0 saturated heterocycles. The molecule has 0 aliphatic rings. The highest BCUT2D eigenvalue weighted by atomic mass is 31.2. The van der Waals surface area contributed by atoms with Crippen LogP contribution in [-0.2, 0) is 27.9 Å². The molecule has 0 aromatic rings. The molecule has 0 rings (SSSR count). The van der Waals surface area contributed by atoms with Crippen LogP contribution in [0.4, 0.5) is 0 Å². The smallest absolute Gasteiger partial charge is 0.306 e. The van der Waals surface area contributed by atoms with Crippen LogP contribution in [0.1, 0.15) is 207 Å². The number of amides is 1. The van der Waals surface area contributed by atoms with Gasteiger partial charge in [-0.2, -0.15) is 0 Å². The van der Waals surface area contributed by atoms with Crippen LogP contribution < -0.4 is 10.2 Å². The van der Waals surface area contributed by atoms with Gasteiger partial charge in [0.2, 0.25) is 5.91 Å². The standard InChI is InChI=1S/C60H103N2O7P/c1-7-10-13-16-19-22-25-27-29-31-33-35-38-41-44-47-50-53-60(64)69-58(51-48-45-42-39-36-24-21-18-15-12-9-3)57(56-68-70(65,66)67-55-54-62(4,5)6)61-59(63)52-49-46-43-40-37-34-32-30-28-26-23-20-17-14-11-8-2/h11,14,19-20,22-23,27-30,33-35,37,43,46,48,51,57-58H,7-10,12-13,15-18,21,24-26,31-32,36,38-42,44-45,47,49-50,52-56H2,1-6H3,(H-,61,63,65,66)/b14-11+,22-19-,23-20+,29-27-,30-28+,35-33-,37-34+,46-43+,51-48+. The number of likely N-dealkylation sites (N-methyl/N-ethyl adjacent to an activating group) is 1. The number of rotatable bonds is 48. The van der Waals surface area contributed by atoms with E-state index in [1.807, 2.05) is 39.4 Å². The molecule has 1 amide bonds. The summed E-state index contributed by atoms with van der Waals surface area (Å²) in [6.07, 6.45) is 66.4. The molecule has 400 valence electrons. The van der Waals surface area contributed by atoms with Crippen molar-refractivity contribution in [1.29, 1.82) is 0 Å². The average molecular weight is 995 g/mol. The predicted octanol–water partition coefficient (Wildman–Crippen LogP) is 16.0. The van der Waals surface area contributed by atoms with Crippen molar-refractivity contribution < 1.29 is 37.3 Å². The second-order valence-corrected chi connectivity index (χ2v) is 20.8. The van der Waals surface area contributed by atoms with Crippen LogP contribution in [0.25, 0.3) is 0 Å². The summed E-state index contributed by atoms with van der Waals surface area (Å²) >= 11 is 0. The molecular weight excluding hydrogens is 892 g/mol. The van der Waals surface area contributed by atoms with Gasteiger partial charge in [0.15, 0.2) is 0 Å². The van der Waals surface area contributed by atoms with Gasteiger partial charge in [0.1, 0.15) is 19.3 Å². The number of esters is 1. The van der Waals surface area contributed by atoms with E-state index in [0.29, 0.717) is 23.9 Å². The molecule has 0 heterocycles. The minimum absolute atomic E-state index is 0.0450. The maximum absolute atomic E-state index is 13.4. The summed E-state index contributed by atoms with van der Waals surface area (Å²) in [4.78, 5) is 39.7. The Labute approximate surface area is 430 Å². The van der Waals surface area contributed by atoms with Crippen LogP contribution in [0, 0.1) is 0 Å². The van der Waals surface area contributed by atoms with Crippen molar-refractivity contribution in [1.82, 2.24) is 5.32 Å². The molecular formula is C60H103N2O7P. The molecule has 0 aliphatic carbocycles. The van der Waals surface area contributed by atoms with Gasteiger partial charge >= 0.3 is 5.97 Å². The van der Waals surface area contributed by atoms with E-state index in [9.17, 15) is 19.0 Å². The zero-order valence-corrected chi connectivity index (χ0v) is 46.3. The lowest BCUT2D eigenvalue weighted by atomic mass is 10.1. The Morgan fingerprint density at radius 2 is 0.929 bits per heavy atom. The van der Waals surface area contributed by atoms with Gasteiger partial charge in [0.05, 0.1) is 33.8 Å². The van der Waals surface area contributed by atoms with E-state index in [-0.39, 0.29) is 31.3 Å². The summed E-state index contributed by atoms with van der Waals surface area (Å²) in [5, 5.41) is 2.95. The number of hydrogen-bond donors (Lipinski definition) is 1. The largest absolute Gasteiger partial charge is 0.756 e. The van der Waals surface area contributed by atoms with Crippen molar-refractivity contribution in [2.45, 2.75) is 219 Å². The zero-order chi connectivity index (χ0) is 51.5. The molecule has 0 fully saturated rings. The highest BCUT2D eigenvalue weighted by molar-refractivity contribution is 7.45. The third kappa shape index (κ3) is 49.6. The summed E-state index contributed by atoms with van der Waals surface area (Å²) in [6.45, 7) is 6.59. The number of phosphoric ester groups is 1. The van der Waals surface area contributed by atoms with Crippen LogP contribution in [0.15, 0.2) is 109 Å². The first-order chi connectivity index (χ1) is 33.9. The second-order valence-electron chi connectivity index (χ2n) is 19.3. The number of nitrogens with zero attached hydrogens (tertiary/aromatic N) is 1. The monoisotopic (exact) mass is 995 g/mol.